The summed E-state index contributed by atoms with van der Waals surface area (Å²) in [4.78, 5) is 25.8. The number of carbonyl (C=O) groups excluding carboxylic acids is 2. The molecule has 0 spiro atoms. The quantitative estimate of drug-likeness (QED) is 0.879. The molecule has 1 aromatic carbocycles. The molecule has 1 heterocycles. The van der Waals surface area contributed by atoms with Gasteiger partial charge in [-0.05, 0) is 44.4 Å². The molecule has 0 aromatic heterocycles. The number of piperidine rings is 1. The summed E-state index contributed by atoms with van der Waals surface area (Å²) in [6.07, 6.45) is 3.31. The molecule has 1 aliphatic rings. The first-order valence-corrected chi connectivity index (χ1v) is 7.04. The van der Waals surface area contributed by atoms with Crippen molar-refractivity contribution in [2.24, 2.45) is 5.73 Å². The lowest BCUT2D eigenvalue weighted by atomic mass is 10.1. The molecule has 0 bridgehead atoms. The second-order valence-corrected chi connectivity index (χ2v) is 5.21. The van der Waals surface area contributed by atoms with Crippen LogP contribution in [-0.4, -0.2) is 35.8 Å². The number of nitrogens with two attached hydrogens (primary N) is 1. The van der Waals surface area contributed by atoms with E-state index in [0.717, 1.165) is 25.9 Å². The maximum absolute atomic E-state index is 12.4. The minimum atomic E-state index is -0.573. The molecule has 1 atom stereocenters. The average molecular weight is 275 g/mol. The van der Waals surface area contributed by atoms with Crippen molar-refractivity contribution < 1.29 is 9.59 Å². The summed E-state index contributed by atoms with van der Waals surface area (Å²) in [5, 5.41) is 2.70. The van der Waals surface area contributed by atoms with E-state index in [4.69, 9.17) is 5.73 Å². The second kappa shape index (κ2) is 6.52. The van der Waals surface area contributed by atoms with Crippen LogP contribution in [0.25, 0.3) is 0 Å². The van der Waals surface area contributed by atoms with E-state index in [1.165, 1.54) is 6.42 Å². The van der Waals surface area contributed by atoms with Gasteiger partial charge in [0.05, 0.1) is 6.04 Å². The Morgan fingerprint density at radius 1 is 1.25 bits per heavy atom. The third kappa shape index (κ3) is 3.57. The highest BCUT2D eigenvalue weighted by Gasteiger charge is 2.18. The number of rotatable bonds is 3. The van der Waals surface area contributed by atoms with Gasteiger partial charge in [-0.25, -0.2) is 0 Å². The first-order chi connectivity index (χ1) is 9.58. The van der Waals surface area contributed by atoms with Crippen LogP contribution in [0.3, 0.4) is 0 Å². The minimum Gasteiger partial charge on any atom is -0.339 e. The molecule has 1 aliphatic heterocycles. The number of carbonyl (C=O) groups is 2. The summed E-state index contributed by atoms with van der Waals surface area (Å²) in [5.41, 5.74) is 6.72. The Kier molecular flexibility index (Phi) is 4.74. The SMILES string of the molecule is CC(N)C(=O)Nc1cccc(C(=O)N2CCCCC2)c1. The van der Waals surface area contributed by atoms with Crippen molar-refractivity contribution in [2.75, 3.05) is 18.4 Å². The van der Waals surface area contributed by atoms with Crippen molar-refractivity contribution >= 4 is 17.5 Å². The predicted octanol–water partition coefficient (Wildman–Crippen LogP) is 1.60. The van der Waals surface area contributed by atoms with Gasteiger partial charge in [0.1, 0.15) is 0 Å². The highest BCUT2D eigenvalue weighted by atomic mass is 16.2. The van der Waals surface area contributed by atoms with Gasteiger partial charge in [0.15, 0.2) is 0 Å². The second-order valence-electron chi connectivity index (χ2n) is 5.21. The summed E-state index contributed by atoms with van der Waals surface area (Å²) in [5.74, 6) is -0.228. The first-order valence-electron chi connectivity index (χ1n) is 7.04. The largest absolute Gasteiger partial charge is 0.339 e. The van der Waals surface area contributed by atoms with Gasteiger partial charge in [0.2, 0.25) is 5.91 Å². The maximum Gasteiger partial charge on any atom is 0.253 e. The van der Waals surface area contributed by atoms with Gasteiger partial charge in [0, 0.05) is 24.3 Å². The molecule has 1 aromatic rings. The van der Waals surface area contributed by atoms with E-state index in [1.54, 1.807) is 31.2 Å². The smallest absolute Gasteiger partial charge is 0.253 e. The van der Waals surface area contributed by atoms with Crippen LogP contribution in [0.15, 0.2) is 24.3 Å². The van der Waals surface area contributed by atoms with Crippen molar-refractivity contribution in [1.82, 2.24) is 4.90 Å². The molecule has 0 aliphatic carbocycles. The third-order valence-electron chi connectivity index (χ3n) is 3.43. The fourth-order valence-corrected chi connectivity index (χ4v) is 2.27. The topological polar surface area (TPSA) is 75.4 Å². The predicted molar refractivity (Wildman–Crippen MR) is 78.5 cm³/mol. The van der Waals surface area contributed by atoms with E-state index < -0.39 is 6.04 Å². The molecule has 1 saturated heterocycles. The van der Waals surface area contributed by atoms with Crippen molar-refractivity contribution in [3.05, 3.63) is 29.8 Å². The van der Waals surface area contributed by atoms with Crippen LogP contribution in [0.2, 0.25) is 0 Å². The van der Waals surface area contributed by atoms with Crippen molar-refractivity contribution in [3.63, 3.8) is 0 Å². The van der Waals surface area contributed by atoms with Crippen LogP contribution in [0.4, 0.5) is 5.69 Å². The van der Waals surface area contributed by atoms with Gasteiger partial charge in [-0.1, -0.05) is 6.07 Å². The number of benzene rings is 1. The average Bonchev–Trinajstić information content (AvgIpc) is 2.47. The first kappa shape index (κ1) is 14.5. The number of hydrogen-bond acceptors (Lipinski definition) is 3. The number of amides is 2. The molecule has 0 radical (unpaired) electrons. The zero-order valence-corrected chi connectivity index (χ0v) is 11.8. The lowest BCUT2D eigenvalue weighted by Crippen LogP contribution is -2.35. The molecule has 20 heavy (non-hydrogen) atoms. The maximum atomic E-state index is 12.4. The van der Waals surface area contributed by atoms with Crippen LogP contribution in [0.5, 0.6) is 0 Å². The number of hydrogen-bond donors (Lipinski definition) is 2. The number of likely N-dealkylation sites (tertiary alicyclic amines) is 1. The number of nitrogens with one attached hydrogen (secondary N) is 1. The zero-order valence-electron chi connectivity index (χ0n) is 11.8. The van der Waals surface area contributed by atoms with Crippen molar-refractivity contribution in [3.8, 4) is 0 Å². The highest BCUT2D eigenvalue weighted by molar-refractivity contribution is 5.98. The van der Waals surface area contributed by atoms with Crippen molar-refractivity contribution in [1.29, 1.82) is 0 Å². The molecule has 0 saturated carbocycles. The van der Waals surface area contributed by atoms with Gasteiger partial charge in [-0.2, -0.15) is 0 Å². The summed E-state index contributed by atoms with van der Waals surface area (Å²) in [6.45, 7) is 3.25. The van der Waals surface area contributed by atoms with Gasteiger partial charge in [-0.3, -0.25) is 9.59 Å². The Hall–Kier alpha value is -1.88. The number of anilines is 1. The minimum absolute atomic E-state index is 0.0293. The molecule has 2 amide bonds. The normalized spacial score (nSPS) is 16.6. The lowest BCUT2D eigenvalue weighted by molar-refractivity contribution is -0.117. The molecule has 5 heteroatoms. The van der Waals surface area contributed by atoms with Gasteiger partial charge >= 0.3 is 0 Å². The Morgan fingerprint density at radius 2 is 1.95 bits per heavy atom. The van der Waals surface area contributed by atoms with Gasteiger partial charge < -0.3 is 16.0 Å². The van der Waals surface area contributed by atoms with E-state index in [2.05, 4.69) is 5.32 Å². The number of nitrogens with zero attached hydrogens (tertiary/aromatic N) is 1. The Balaban J connectivity index is 2.08. The van der Waals surface area contributed by atoms with Gasteiger partial charge in [0.25, 0.3) is 5.91 Å². The van der Waals surface area contributed by atoms with Crippen LogP contribution < -0.4 is 11.1 Å². The van der Waals surface area contributed by atoms with Crippen LogP contribution in [0.1, 0.15) is 36.5 Å². The zero-order chi connectivity index (χ0) is 14.5. The standard InChI is InChI=1S/C15H21N3O2/c1-11(16)14(19)17-13-7-5-6-12(10-13)15(20)18-8-3-2-4-9-18/h5-7,10-11H,2-4,8-9,16H2,1H3,(H,17,19). The van der Waals surface area contributed by atoms with E-state index in [9.17, 15) is 9.59 Å². The highest BCUT2D eigenvalue weighted by Crippen LogP contribution is 2.16. The van der Waals surface area contributed by atoms with E-state index >= 15 is 0 Å². The Labute approximate surface area is 119 Å². The lowest BCUT2D eigenvalue weighted by Gasteiger charge is -2.26. The Morgan fingerprint density at radius 3 is 2.60 bits per heavy atom. The molecular formula is C15H21N3O2. The van der Waals surface area contributed by atoms with Gasteiger partial charge in [-0.15, -0.1) is 0 Å². The monoisotopic (exact) mass is 275 g/mol. The fraction of sp³-hybridized carbons (Fsp3) is 0.467. The molecule has 1 unspecified atom stereocenters. The summed E-state index contributed by atoms with van der Waals surface area (Å²) in [6, 6.07) is 6.44. The summed E-state index contributed by atoms with van der Waals surface area (Å²) in [7, 11) is 0. The molecule has 2 rings (SSSR count). The van der Waals surface area contributed by atoms with E-state index in [1.807, 2.05) is 4.90 Å². The molecular weight excluding hydrogens is 254 g/mol. The van der Waals surface area contributed by atoms with E-state index in [0.29, 0.717) is 11.3 Å². The molecule has 108 valence electrons. The summed E-state index contributed by atoms with van der Waals surface area (Å²) < 4.78 is 0. The molecule has 5 nitrogen and oxygen atoms in total. The molecule has 3 N–H and O–H groups in total. The Bertz CT molecular complexity index is 494. The van der Waals surface area contributed by atoms with Crippen molar-refractivity contribution in [2.45, 2.75) is 32.2 Å². The fourth-order valence-electron chi connectivity index (χ4n) is 2.27. The van der Waals surface area contributed by atoms with Crippen LogP contribution in [0, 0.1) is 0 Å². The van der Waals surface area contributed by atoms with E-state index in [-0.39, 0.29) is 11.8 Å². The third-order valence-corrected chi connectivity index (χ3v) is 3.43. The summed E-state index contributed by atoms with van der Waals surface area (Å²) >= 11 is 0. The van der Waals surface area contributed by atoms with Crippen LogP contribution >= 0.6 is 0 Å². The van der Waals surface area contributed by atoms with Crippen LogP contribution in [-0.2, 0) is 4.79 Å². The molecule has 1 fully saturated rings.